The van der Waals surface area contributed by atoms with Crippen molar-refractivity contribution in [2.24, 2.45) is 0 Å². The summed E-state index contributed by atoms with van der Waals surface area (Å²) in [5, 5.41) is 10.7. The number of piperidine rings is 1. The van der Waals surface area contributed by atoms with Gasteiger partial charge in [0, 0.05) is 13.1 Å². The van der Waals surface area contributed by atoms with Gasteiger partial charge in [0.15, 0.2) is 11.5 Å². The predicted octanol–water partition coefficient (Wildman–Crippen LogP) is 3.66. The van der Waals surface area contributed by atoms with Gasteiger partial charge in [0.2, 0.25) is 5.78 Å². The van der Waals surface area contributed by atoms with Gasteiger partial charge in [-0.2, -0.15) is 0 Å². The number of nitrogens with zero attached hydrogens (tertiary/aromatic N) is 2. The summed E-state index contributed by atoms with van der Waals surface area (Å²) in [5.41, 5.74) is 0.758. The molecule has 1 fully saturated rings. The third-order valence-electron chi connectivity index (χ3n) is 6.03. The Bertz CT molecular complexity index is 1000. The second-order valence-corrected chi connectivity index (χ2v) is 8.08. The summed E-state index contributed by atoms with van der Waals surface area (Å²) in [4.78, 5) is 30.2. The molecule has 0 aliphatic carbocycles. The highest BCUT2D eigenvalue weighted by atomic mass is 16.5. The predicted molar refractivity (Wildman–Crippen MR) is 115 cm³/mol. The third kappa shape index (κ3) is 4.23. The van der Waals surface area contributed by atoms with Crippen LogP contribution in [-0.2, 0) is 4.79 Å². The van der Waals surface area contributed by atoms with Crippen molar-refractivity contribution in [3.63, 3.8) is 0 Å². The number of aliphatic hydroxyl groups is 1. The highest BCUT2D eigenvalue weighted by Gasteiger charge is 2.44. The van der Waals surface area contributed by atoms with E-state index in [0.717, 1.165) is 25.9 Å². The van der Waals surface area contributed by atoms with Crippen LogP contribution in [0.5, 0.6) is 5.75 Å². The minimum atomic E-state index is -0.703. The summed E-state index contributed by atoms with van der Waals surface area (Å²) in [7, 11) is 1.57. The number of carbonyl (C=O) groups excluding carboxylic acids is 2. The summed E-state index contributed by atoms with van der Waals surface area (Å²) < 4.78 is 10.9. The van der Waals surface area contributed by atoms with Crippen molar-refractivity contribution in [2.45, 2.75) is 32.2 Å². The van der Waals surface area contributed by atoms with E-state index in [9.17, 15) is 14.7 Å². The molecule has 0 radical (unpaired) electrons. The Hall–Kier alpha value is -3.06. The normalized spacial score (nSPS) is 19.9. The fraction of sp³-hybridized carbons (Fsp3) is 0.417. The molecule has 1 aromatic carbocycles. The first kappa shape index (κ1) is 21.2. The molecule has 1 N–H and O–H groups in total. The largest absolute Gasteiger partial charge is 0.503 e. The molecule has 164 valence electrons. The van der Waals surface area contributed by atoms with Gasteiger partial charge in [0.1, 0.15) is 11.5 Å². The average molecular weight is 424 g/mol. The van der Waals surface area contributed by atoms with Crippen molar-refractivity contribution in [1.82, 2.24) is 9.80 Å². The van der Waals surface area contributed by atoms with Crippen LogP contribution in [0, 0.1) is 6.92 Å². The molecule has 7 heteroatoms. The Labute approximate surface area is 181 Å². The molecular weight excluding hydrogens is 396 g/mol. The number of amides is 1. The number of benzene rings is 1. The zero-order valence-electron chi connectivity index (χ0n) is 18.0. The van der Waals surface area contributed by atoms with Gasteiger partial charge in [-0.1, -0.05) is 18.6 Å². The lowest BCUT2D eigenvalue weighted by Gasteiger charge is -2.31. The number of hydrogen-bond acceptors (Lipinski definition) is 6. The number of aryl methyl sites for hydroxylation is 1. The number of hydrogen-bond donors (Lipinski definition) is 1. The Balaban J connectivity index is 1.69. The molecule has 3 heterocycles. The summed E-state index contributed by atoms with van der Waals surface area (Å²) in [6, 6.07) is 9.82. The maximum atomic E-state index is 13.3. The number of aliphatic hydroxyl groups excluding tert-OH is 1. The summed E-state index contributed by atoms with van der Waals surface area (Å²) in [5.74, 6) is -0.201. The van der Waals surface area contributed by atoms with Crippen LogP contribution in [0.4, 0.5) is 0 Å². The molecule has 4 rings (SSSR count). The standard InChI is InChI=1S/C24H28N2O5/c1-16-9-10-19(31-16)22(27)20-21(17-7-6-8-18(15-17)30-2)26(24(29)23(20)28)14-13-25-11-4-3-5-12-25/h6-10,15,21,28H,3-5,11-14H2,1-2H3. The molecule has 0 spiro atoms. The molecule has 2 aromatic rings. The molecule has 1 amide bonds. The van der Waals surface area contributed by atoms with E-state index < -0.39 is 23.5 Å². The molecule has 0 bridgehead atoms. The lowest BCUT2D eigenvalue weighted by atomic mass is 9.95. The van der Waals surface area contributed by atoms with Crippen molar-refractivity contribution in [3.05, 3.63) is 64.8 Å². The fourth-order valence-electron chi connectivity index (χ4n) is 4.40. The topological polar surface area (TPSA) is 83.2 Å². The maximum Gasteiger partial charge on any atom is 0.290 e. The lowest BCUT2D eigenvalue weighted by molar-refractivity contribution is -0.129. The molecule has 1 atom stereocenters. The second kappa shape index (κ2) is 8.98. The third-order valence-corrected chi connectivity index (χ3v) is 6.03. The number of methoxy groups -OCH3 is 1. The van der Waals surface area contributed by atoms with E-state index in [1.807, 2.05) is 12.1 Å². The minimum absolute atomic E-state index is 0.0475. The molecule has 1 aromatic heterocycles. The number of ether oxygens (including phenoxy) is 1. The molecule has 7 nitrogen and oxygen atoms in total. The maximum absolute atomic E-state index is 13.3. The second-order valence-electron chi connectivity index (χ2n) is 8.08. The van der Waals surface area contributed by atoms with Crippen LogP contribution < -0.4 is 4.74 Å². The van der Waals surface area contributed by atoms with E-state index in [1.54, 1.807) is 43.2 Å². The fourth-order valence-corrected chi connectivity index (χ4v) is 4.40. The van der Waals surface area contributed by atoms with E-state index in [1.165, 1.54) is 6.42 Å². The van der Waals surface area contributed by atoms with Crippen molar-refractivity contribution in [2.75, 3.05) is 33.3 Å². The van der Waals surface area contributed by atoms with Crippen molar-refractivity contribution >= 4 is 11.7 Å². The Morgan fingerprint density at radius 3 is 2.61 bits per heavy atom. The summed E-state index contributed by atoms with van der Waals surface area (Å²) >= 11 is 0. The van der Waals surface area contributed by atoms with Crippen LogP contribution in [0.2, 0.25) is 0 Å². The van der Waals surface area contributed by atoms with Crippen molar-refractivity contribution in [3.8, 4) is 5.75 Å². The van der Waals surface area contributed by atoms with Crippen LogP contribution in [0.15, 0.2) is 52.1 Å². The van der Waals surface area contributed by atoms with E-state index in [0.29, 0.717) is 30.2 Å². The van der Waals surface area contributed by atoms with Gasteiger partial charge in [0.25, 0.3) is 5.91 Å². The number of rotatable bonds is 7. The van der Waals surface area contributed by atoms with Crippen LogP contribution in [0.3, 0.4) is 0 Å². The Morgan fingerprint density at radius 2 is 1.94 bits per heavy atom. The number of furan rings is 1. The zero-order chi connectivity index (χ0) is 22.0. The van der Waals surface area contributed by atoms with Gasteiger partial charge >= 0.3 is 0 Å². The average Bonchev–Trinajstić information content (AvgIpc) is 3.34. The van der Waals surface area contributed by atoms with Gasteiger partial charge in [-0.3, -0.25) is 9.59 Å². The monoisotopic (exact) mass is 424 g/mol. The number of ketones is 1. The lowest BCUT2D eigenvalue weighted by Crippen LogP contribution is -2.40. The van der Waals surface area contributed by atoms with Crippen LogP contribution in [0.25, 0.3) is 0 Å². The van der Waals surface area contributed by atoms with Crippen LogP contribution in [-0.4, -0.2) is 59.9 Å². The minimum Gasteiger partial charge on any atom is -0.503 e. The number of Topliss-reactive ketones (excluding diaryl/α,β-unsaturated/α-hetero) is 1. The van der Waals surface area contributed by atoms with Crippen LogP contribution >= 0.6 is 0 Å². The van der Waals surface area contributed by atoms with Crippen molar-refractivity contribution < 1.29 is 23.8 Å². The first-order chi connectivity index (χ1) is 15.0. The highest BCUT2D eigenvalue weighted by molar-refractivity contribution is 6.15. The van der Waals surface area contributed by atoms with Crippen LogP contribution in [0.1, 0.15) is 47.2 Å². The molecule has 2 aliphatic rings. The van der Waals surface area contributed by atoms with Gasteiger partial charge < -0.3 is 24.1 Å². The molecular formula is C24H28N2O5. The Kier molecular flexibility index (Phi) is 6.13. The molecule has 31 heavy (non-hydrogen) atoms. The molecule has 1 unspecified atom stereocenters. The number of carbonyl (C=O) groups is 2. The van der Waals surface area contributed by atoms with Gasteiger partial charge in [-0.15, -0.1) is 0 Å². The molecule has 2 aliphatic heterocycles. The van der Waals surface area contributed by atoms with E-state index in [-0.39, 0.29) is 11.3 Å². The van der Waals surface area contributed by atoms with E-state index >= 15 is 0 Å². The van der Waals surface area contributed by atoms with E-state index in [2.05, 4.69) is 4.90 Å². The molecule has 0 saturated carbocycles. The summed E-state index contributed by atoms with van der Waals surface area (Å²) in [6.45, 7) is 4.86. The smallest absolute Gasteiger partial charge is 0.290 e. The van der Waals surface area contributed by atoms with Gasteiger partial charge in [-0.25, -0.2) is 0 Å². The van der Waals surface area contributed by atoms with Gasteiger partial charge in [-0.05, 0) is 62.7 Å². The van der Waals surface area contributed by atoms with Gasteiger partial charge in [0.05, 0.1) is 18.7 Å². The van der Waals surface area contributed by atoms with E-state index in [4.69, 9.17) is 9.15 Å². The Morgan fingerprint density at radius 1 is 1.16 bits per heavy atom. The van der Waals surface area contributed by atoms with Crippen molar-refractivity contribution in [1.29, 1.82) is 0 Å². The first-order valence-corrected chi connectivity index (χ1v) is 10.7. The SMILES string of the molecule is COc1cccc(C2C(C(=O)c3ccc(C)o3)=C(O)C(=O)N2CCN2CCCCC2)c1. The first-order valence-electron chi connectivity index (χ1n) is 10.7. The zero-order valence-corrected chi connectivity index (χ0v) is 18.0. The summed E-state index contributed by atoms with van der Waals surface area (Å²) in [6.07, 6.45) is 3.53. The highest BCUT2D eigenvalue weighted by Crippen LogP contribution is 2.40. The number of likely N-dealkylation sites (tertiary alicyclic amines) is 1. The molecule has 1 saturated heterocycles. The quantitative estimate of drug-likeness (QED) is 0.683.